The van der Waals surface area contributed by atoms with Crippen LogP contribution in [0, 0.1) is 0 Å². The Balaban J connectivity index is 0.000000459. The fourth-order valence-corrected chi connectivity index (χ4v) is 11.4. The van der Waals surface area contributed by atoms with E-state index in [0.717, 1.165) is 129 Å². The van der Waals surface area contributed by atoms with Gasteiger partial charge in [-0.2, -0.15) is 0 Å². The third-order valence-electron chi connectivity index (χ3n) is 16.8. The van der Waals surface area contributed by atoms with E-state index in [4.69, 9.17) is 0 Å². The highest BCUT2D eigenvalue weighted by Crippen LogP contribution is 2.25. The Morgan fingerprint density at radius 1 is 0.270 bits per heavy atom. The fraction of sp³-hybridized carbons (Fsp3) is 0.299. The average Bonchev–Trinajstić information content (AvgIpc) is 1.65. The van der Waals surface area contributed by atoms with Gasteiger partial charge in [-0.15, -0.1) is 0 Å². The quantitative estimate of drug-likeness (QED) is 0.142. The maximum absolute atomic E-state index is 4.29. The smallest absolute Gasteiger partial charge is 0.155 e. The SMILES string of the molecule is C1=NCc2ccccc21.C1=Nc2c(ccc3c2=NCN=3)C1.C1=Nc2ccccc2C1.C1=Nc2cccnc2C1.C1=Nc2ccncc2C1.C1=Nc2cnccc2C1.C1=Nc2ncccc2C1.C1=c2ccccc2=NC1.CC.CC.CC.CC.CC.CC.CC.CC.CC.CC.CC.c1ccc2c(c1)=NCN=2.c1ccc2cnccc2c1.c1ccc2ncncc2c1. The van der Waals surface area contributed by atoms with E-state index in [1.807, 2.05) is 372 Å². The first kappa shape index (κ1) is 109. The predicted molar refractivity (Wildman–Crippen MR) is 542 cm³/mol. The first-order valence-corrected chi connectivity index (χ1v) is 45.1. The highest BCUT2D eigenvalue weighted by Gasteiger charge is 2.12. The molecule has 7 aromatic carbocycles. The van der Waals surface area contributed by atoms with Crippen LogP contribution in [0.2, 0.25) is 0 Å². The molecule has 0 atom stereocenters. The molecule has 0 N–H and O–H groups in total. The molecule has 0 radical (unpaired) electrons. The van der Waals surface area contributed by atoms with Gasteiger partial charge in [0.2, 0.25) is 0 Å². The summed E-state index contributed by atoms with van der Waals surface area (Å²) in [5.74, 6) is 0.887. The molecule has 19 heteroatoms. The van der Waals surface area contributed by atoms with Crippen LogP contribution in [0.15, 0.2) is 322 Å². The Kier molecular flexibility index (Phi) is 61.1. The van der Waals surface area contributed by atoms with Crippen LogP contribution in [0.4, 0.5) is 34.3 Å². The summed E-state index contributed by atoms with van der Waals surface area (Å²) in [6.07, 6.45) is 39.1. The molecule has 0 bridgehead atoms. The second-order valence-corrected chi connectivity index (χ2v) is 23.6. The van der Waals surface area contributed by atoms with Gasteiger partial charge in [-0.3, -0.25) is 74.9 Å². The van der Waals surface area contributed by atoms with E-state index in [9.17, 15) is 0 Å². The lowest BCUT2D eigenvalue weighted by Crippen LogP contribution is -2.21. The molecular weight excluding hydrogens is 1550 g/mol. The topological polar surface area (TPSA) is 239 Å². The van der Waals surface area contributed by atoms with Gasteiger partial charge in [0.1, 0.15) is 25.0 Å². The molecule has 0 saturated heterocycles. The van der Waals surface area contributed by atoms with E-state index in [-0.39, 0.29) is 0 Å². The van der Waals surface area contributed by atoms with E-state index in [0.29, 0.717) is 13.3 Å². The number of nitrogens with zero attached hydrogens (tertiary/aromatic N) is 19. The Morgan fingerprint density at radius 2 is 0.754 bits per heavy atom. The molecule has 16 heterocycles. The number of hydrogen-bond acceptors (Lipinski definition) is 19. The maximum Gasteiger partial charge on any atom is 0.155 e. The van der Waals surface area contributed by atoms with Gasteiger partial charge in [-0.05, 0) is 117 Å². The molecule has 0 fully saturated rings. The molecule has 126 heavy (non-hydrogen) atoms. The van der Waals surface area contributed by atoms with Crippen molar-refractivity contribution in [1.29, 1.82) is 0 Å². The van der Waals surface area contributed by atoms with Crippen LogP contribution < -0.4 is 32.0 Å². The summed E-state index contributed by atoms with van der Waals surface area (Å²) in [5.41, 5.74) is 16.4. The number of pyridine rings is 5. The number of aliphatic imine (C=N–C) groups is 7. The summed E-state index contributed by atoms with van der Waals surface area (Å²) in [7, 11) is 0. The van der Waals surface area contributed by atoms with Crippen molar-refractivity contribution in [1.82, 2.24) is 34.9 Å². The fourth-order valence-electron chi connectivity index (χ4n) is 11.4. The lowest BCUT2D eigenvalue weighted by atomic mass is 10.1. The zero-order valence-corrected chi connectivity index (χ0v) is 79.0. The number of hydrogen-bond donors (Lipinski definition) is 0. The monoisotopic (exact) mass is 1690 g/mol. The number of para-hydroxylation sites is 5. The van der Waals surface area contributed by atoms with Gasteiger partial charge in [0, 0.05) is 148 Å². The van der Waals surface area contributed by atoms with Gasteiger partial charge in [-0.1, -0.05) is 286 Å². The van der Waals surface area contributed by atoms with Crippen molar-refractivity contribution >= 4 is 106 Å². The summed E-state index contributed by atoms with van der Waals surface area (Å²) in [6.45, 7) is 46.9. The van der Waals surface area contributed by atoms with Crippen LogP contribution in [0.25, 0.3) is 27.8 Å². The molecule has 660 valence electrons. The molecule has 23 rings (SSSR count). The van der Waals surface area contributed by atoms with Crippen LogP contribution in [0.3, 0.4) is 0 Å². The molecule has 6 aromatic heterocycles. The third-order valence-corrected chi connectivity index (χ3v) is 16.8. The van der Waals surface area contributed by atoms with Crippen LogP contribution >= 0.6 is 0 Å². The van der Waals surface area contributed by atoms with E-state index in [1.54, 1.807) is 37.3 Å². The van der Waals surface area contributed by atoms with Gasteiger partial charge < -0.3 is 0 Å². The standard InChI is InChI=1S/C9H7N3.C9H7N.C8H6N2.3C8H7N.5C7H6N2.11C2H6/c1-2-7-9(12-5-11-7)8-6(1)3-4-10-8;1-2-4-9-7-10-6-5-8(9)3-1;1-2-4-8-7(3-1)5-9-6-10-8;1-2-4-8-6-9-5-7(8)3-1;2*1-2-4-8-7(3-1)5-6-9-8;1-4-9-7-2-3-8-5-6(1)7;1-3-8-5-7-6(1)2-4-9-7;1-2-6-7(8-4-1)3-5-9-6;1-2-6-3-5-9-7(6)8-4-1;1-2-4-7-6(3-1)8-5-9-7;11*1-2/h1-2,4H,3,5H2;1-7H;1-6H;1-5H,6H2;1-4,6H,5H2;1-5H,6H2;2-5H,1H2;1,3-5H,2H2;2*1-2,4-5H,3H2;1-4H,5H2;11*1-2H3. The zero-order valence-electron chi connectivity index (χ0n) is 79.0. The molecule has 0 spiro atoms. The van der Waals surface area contributed by atoms with Gasteiger partial charge in [0.15, 0.2) is 5.82 Å². The lowest BCUT2D eigenvalue weighted by Gasteiger charge is -1.93. The zero-order chi connectivity index (χ0) is 92.4. The van der Waals surface area contributed by atoms with E-state index in [2.05, 4.69) is 149 Å². The number of aromatic nitrogens is 7. The summed E-state index contributed by atoms with van der Waals surface area (Å²) in [4.78, 5) is 78.1. The second kappa shape index (κ2) is 70.9. The molecule has 10 aliphatic heterocycles. The summed E-state index contributed by atoms with van der Waals surface area (Å²) in [6, 6.07) is 66.6. The van der Waals surface area contributed by atoms with Gasteiger partial charge in [-0.25, -0.2) is 19.9 Å². The Bertz CT molecular complexity index is 5010. The highest BCUT2D eigenvalue weighted by atomic mass is 15.0. The lowest BCUT2D eigenvalue weighted by molar-refractivity contribution is 1.06. The Morgan fingerprint density at radius 3 is 1.41 bits per heavy atom. The molecule has 0 saturated carbocycles. The molecular formula is C107H137N19. The van der Waals surface area contributed by atoms with Gasteiger partial charge in [0.25, 0.3) is 0 Å². The third kappa shape index (κ3) is 37.7. The van der Waals surface area contributed by atoms with E-state index < -0.39 is 0 Å². The predicted octanol–water partition coefficient (Wildman–Crippen LogP) is 24.2. The second-order valence-electron chi connectivity index (χ2n) is 23.6. The van der Waals surface area contributed by atoms with Gasteiger partial charge in [0.05, 0.1) is 80.4 Å². The molecule has 19 nitrogen and oxygen atoms in total. The van der Waals surface area contributed by atoms with Crippen molar-refractivity contribution in [3.8, 4) is 0 Å². The van der Waals surface area contributed by atoms with Crippen LogP contribution in [-0.4, -0.2) is 98.3 Å². The molecule has 0 unspecified atom stereocenters. The molecule has 10 aliphatic rings. The number of rotatable bonds is 0. The average molecular weight is 1690 g/mol. The summed E-state index contributed by atoms with van der Waals surface area (Å²) >= 11 is 0. The summed E-state index contributed by atoms with van der Waals surface area (Å²) < 4.78 is 0. The van der Waals surface area contributed by atoms with Gasteiger partial charge >= 0.3 is 0 Å². The minimum atomic E-state index is 0.571. The minimum absolute atomic E-state index is 0.571. The Hall–Kier alpha value is -13.6. The largest absolute Gasteiger partial charge is 0.288 e. The highest BCUT2D eigenvalue weighted by molar-refractivity contribution is 5.84. The van der Waals surface area contributed by atoms with Crippen molar-refractivity contribution in [2.75, 3.05) is 19.9 Å². The molecule has 13 aromatic rings. The number of fused-ring (bicyclic) bond motifs is 13. The first-order chi connectivity index (χ1) is 62.6. The van der Waals surface area contributed by atoms with Crippen LogP contribution in [-0.2, 0) is 45.1 Å². The summed E-state index contributed by atoms with van der Waals surface area (Å²) in [5, 5.41) is 9.98. The van der Waals surface area contributed by atoms with E-state index in [1.165, 1.54) is 54.9 Å². The van der Waals surface area contributed by atoms with Crippen molar-refractivity contribution in [3.05, 3.63) is 339 Å². The first-order valence-electron chi connectivity index (χ1n) is 45.1. The normalized spacial score (nSPS) is 11.6. The van der Waals surface area contributed by atoms with Crippen molar-refractivity contribution in [2.24, 2.45) is 59.9 Å². The van der Waals surface area contributed by atoms with E-state index >= 15 is 0 Å². The molecule has 0 amide bonds. The Labute approximate surface area is 752 Å². The maximum atomic E-state index is 4.29. The molecule has 0 aliphatic carbocycles. The van der Waals surface area contributed by atoms with Crippen LogP contribution in [0.1, 0.15) is 197 Å². The van der Waals surface area contributed by atoms with Crippen molar-refractivity contribution in [3.63, 3.8) is 0 Å². The van der Waals surface area contributed by atoms with Crippen LogP contribution in [0.5, 0.6) is 0 Å². The van der Waals surface area contributed by atoms with Crippen molar-refractivity contribution < 1.29 is 0 Å². The van der Waals surface area contributed by atoms with Crippen molar-refractivity contribution in [2.45, 2.75) is 197 Å². The number of benzene rings is 7. The minimum Gasteiger partial charge on any atom is -0.288 e.